The van der Waals surface area contributed by atoms with Crippen molar-refractivity contribution in [1.29, 1.82) is 4.78 Å². The zero-order valence-electron chi connectivity index (χ0n) is 33.8. The number of amides is 2. The van der Waals surface area contributed by atoms with Crippen LogP contribution in [-0.2, 0) is 46.3 Å². The molecule has 0 saturated carbocycles. The van der Waals surface area contributed by atoms with E-state index in [2.05, 4.69) is 47.7 Å². The molecule has 60 heavy (non-hydrogen) atoms. The first-order chi connectivity index (χ1) is 29.1. The molecule has 7 rings (SSSR count). The monoisotopic (exact) mass is 839 g/mol. The number of nitrogens with one attached hydrogen (secondary N) is 1. The predicted molar refractivity (Wildman–Crippen MR) is 227 cm³/mol. The first-order valence-corrected chi connectivity index (χ1v) is 19.9. The average molecular weight is 840 g/mol. The average Bonchev–Trinajstić information content (AvgIpc) is 3.76. The number of hydrogen-bond acceptors (Lipinski definition) is 13. The number of carboxylic acids is 1. The van der Waals surface area contributed by atoms with Crippen molar-refractivity contribution in [2.45, 2.75) is 57.4 Å². The van der Waals surface area contributed by atoms with Crippen molar-refractivity contribution < 1.29 is 47.9 Å². The summed E-state index contributed by atoms with van der Waals surface area (Å²) < 4.78 is 40.5. The molecule has 0 radical (unpaired) electrons. The minimum Gasteiger partial charge on any atom is -0.493 e. The number of carboxylic acid groups (broad SMARTS) is 1. The molecule has 316 valence electrons. The second kappa shape index (κ2) is 20.3. The lowest BCUT2D eigenvalue weighted by Gasteiger charge is -2.20. The maximum atomic E-state index is 13.5. The Morgan fingerprint density at radius 2 is 1.18 bits per heavy atom. The number of aliphatic carboxylic acids is 1. The van der Waals surface area contributed by atoms with Gasteiger partial charge in [-0.15, -0.1) is 0 Å². The van der Waals surface area contributed by atoms with Gasteiger partial charge in [0.15, 0.2) is 23.0 Å². The molecular formula is C44H49N5O10S. The first kappa shape index (κ1) is 43.6. The normalized spacial score (nSPS) is 17.5. The van der Waals surface area contributed by atoms with Crippen molar-refractivity contribution in [3.05, 3.63) is 94.6 Å². The molecule has 0 unspecified atom stereocenters. The molecule has 2 amide bonds. The topological polar surface area (TPSA) is 182 Å². The zero-order chi connectivity index (χ0) is 42.8. The summed E-state index contributed by atoms with van der Waals surface area (Å²) in [5, 5.41) is 8.77. The van der Waals surface area contributed by atoms with Gasteiger partial charge in [-0.25, -0.2) is 4.78 Å². The molecule has 3 aromatic rings. The minimum absolute atomic E-state index is 0.0439. The summed E-state index contributed by atoms with van der Waals surface area (Å²) in [6.45, 7) is 10.8. The number of aliphatic imine (C=N–C) groups is 2. The van der Waals surface area contributed by atoms with Gasteiger partial charge in [0.05, 0.1) is 75.0 Å². The predicted octanol–water partition coefficient (Wildman–Crippen LogP) is 6.57. The number of carbonyl (C=O) groups is 3. The summed E-state index contributed by atoms with van der Waals surface area (Å²) in [4.78, 5) is 50.6. The molecule has 0 spiro atoms. The van der Waals surface area contributed by atoms with Crippen LogP contribution in [0.25, 0.3) is 0 Å². The van der Waals surface area contributed by atoms with Gasteiger partial charge >= 0.3 is 5.97 Å². The van der Waals surface area contributed by atoms with Crippen molar-refractivity contribution >= 4 is 54.0 Å². The number of benzene rings is 3. The Kier molecular flexibility index (Phi) is 14.8. The third-order valence-corrected chi connectivity index (χ3v) is 10.4. The highest BCUT2D eigenvalue weighted by Crippen LogP contribution is 2.40. The molecule has 16 heteroatoms. The molecule has 4 heterocycles. The molecule has 4 aliphatic heterocycles. The summed E-state index contributed by atoms with van der Waals surface area (Å²) in [5.41, 5.74) is 6.72. The van der Waals surface area contributed by atoms with E-state index in [0.717, 1.165) is 34.3 Å². The molecule has 2 fully saturated rings. The van der Waals surface area contributed by atoms with Crippen LogP contribution < -0.4 is 18.9 Å². The molecule has 2 N–H and O–H groups in total. The lowest BCUT2D eigenvalue weighted by Crippen LogP contribution is -2.35. The Bertz CT molecular complexity index is 2060. The van der Waals surface area contributed by atoms with Gasteiger partial charge in [-0.1, -0.05) is 36.4 Å². The second-order valence-corrected chi connectivity index (χ2v) is 14.7. The maximum Gasteiger partial charge on any atom is 0.305 e. The van der Waals surface area contributed by atoms with E-state index in [1.165, 1.54) is 14.2 Å². The lowest BCUT2D eigenvalue weighted by molar-refractivity contribution is -0.138. The van der Waals surface area contributed by atoms with Crippen LogP contribution in [0.3, 0.4) is 0 Å². The van der Waals surface area contributed by atoms with Gasteiger partial charge in [0.25, 0.3) is 11.8 Å². The van der Waals surface area contributed by atoms with Gasteiger partial charge in [0.1, 0.15) is 13.2 Å². The Morgan fingerprint density at radius 1 is 0.717 bits per heavy atom. The molecular weight excluding hydrogens is 791 g/mol. The van der Waals surface area contributed by atoms with Crippen LogP contribution in [0.1, 0.15) is 63.1 Å². The lowest BCUT2D eigenvalue weighted by atomic mass is 10.0. The van der Waals surface area contributed by atoms with E-state index in [-0.39, 0.29) is 50.1 Å². The molecule has 0 aliphatic carbocycles. The van der Waals surface area contributed by atoms with E-state index in [1.54, 1.807) is 46.5 Å². The van der Waals surface area contributed by atoms with Gasteiger partial charge < -0.3 is 43.3 Å². The number of nitrogens with zero attached hydrogens (tertiary/aromatic N) is 4. The largest absolute Gasteiger partial charge is 0.493 e. The highest BCUT2D eigenvalue weighted by Gasteiger charge is 2.35. The number of methoxy groups -OCH3 is 2. The fourth-order valence-corrected chi connectivity index (χ4v) is 7.54. The smallest absolute Gasteiger partial charge is 0.305 e. The van der Waals surface area contributed by atoms with Gasteiger partial charge in [-0.05, 0) is 60.6 Å². The van der Waals surface area contributed by atoms with Crippen molar-refractivity contribution in [2.24, 2.45) is 9.98 Å². The number of hydrogen-bond donors (Lipinski definition) is 2. The Morgan fingerprint density at radius 3 is 1.65 bits per heavy atom. The van der Waals surface area contributed by atoms with Crippen LogP contribution in [0.2, 0.25) is 0 Å². The maximum absolute atomic E-state index is 13.5. The number of ether oxygens (including phenoxy) is 6. The van der Waals surface area contributed by atoms with Crippen molar-refractivity contribution in [3.8, 4) is 23.0 Å². The first-order valence-electron chi connectivity index (χ1n) is 19.5. The quantitative estimate of drug-likeness (QED) is 0.104. The standard InChI is InChI=1S/C44H48N4O10.HNS/c1-27-12-32-21-45-36-19-40(38(53-3)17-34(36)43(51)47(32)23-27)57-25-30-14-29(6-5-8-55-10-11-56-9-7-42(49)50)15-31(16-30)26-58-41-20-37-35(18-39(41)54-4)44(52)48-24-28(2)13-33(48)22-46-37;1-2/h14-22,32-33H,1-2,5-13,23-26H2,3-4H3,(H,49,50);1H/t32-,33-;/m0./s1. The fourth-order valence-electron chi connectivity index (χ4n) is 7.54. The molecule has 4 aliphatic rings. The highest BCUT2D eigenvalue weighted by atomic mass is 32.1. The van der Waals surface area contributed by atoms with E-state index < -0.39 is 5.97 Å². The Hall–Kier alpha value is -5.97. The van der Waals surface area contributed by atoms with Gasteiger partial charge in [0, 0.05) is 56.7 Å². The van der Waals surface area contributed by atoms with E-state index >= 15 is 0 Å². The van der Waals surface area contributed by atoms with Crippen molar-refractivity contribution in [1.82, 2.24) is 9.80 Å². The van der Waals surface area contributed by atoms with E-state index in [9.17, 15) is 14.4 Å². The summed E-state index contributed by atoms with van der Waals surface area (Å²) in [5.74, 6) is 0.606. The second-order valence-electron chi connectivity index (χ2n) is 14.7. The highest BCUT2D eigenvalue weighted by molar-refractivity contribution is 7.45. The molecule has 3 aromatic carbocycles. The Balaban J connectivity index is 0.00000297. The van der Waals surface area contributed by atoms with Crippen LogP contribution >= 0.6 is 0 Å². The van der Waals surface area contributed by atoms with Gasteiger partial charge in [-0.2, -0.15) is 0 Å². The van der Waals surface area contributed by atoms with Crippen LogP contribution in [0.15, 0.2) is 76.8 Å². The molecule has 0 bridgehead atoms. The summed E-state index contributed by atoms with van der Waals surface area (Å²) in [6.07, 6.45) is 6.35. The molecule has 0 aromatic heterocycles. The SMILES string of the molecule is C=C1C[C@H]2C=Nc3cc(OCc4cc(CCCOCCOCCC(=O)O)cc(COc5cc6c(cc5OC)C(=O)N5CC(=C)C[C@H]5C=N6)c4)c(OC)cc3C(=O)N2C1.N=S. The van der Waals surface area contributed by atoms with Gasteiger partial charge in [0.2, 0.25) is 0 Å². The van der Waals surface area contributed by atoms with Crippen LogP contribution in [0.5, 0.6) is 23.0 Å². The number of aryl methyl sites for hydroxylation is 1. The van der Waals surface area contributed by atoms with E-state index in [4.69, 9.17) is 38.3 Å². The van der Waals surface area contributed by atoms with Crippen LogP contribution in [0, 0.1) is 4.78 Å². The number of rotatable bonds is 18. The Labute approximate surface area is 354 Å². The van der Waals surface area contributed by atoms with Crippen molar-refractivity contribution in [3.63, 3.8) is 0 Å². The third-order valence-electron chi connectivity index (χ3n) is 10.4. The van der Waals surface area contributed by atoms with Crippen LogP contribution in [0.4, 0.5) is 11.4 Å². The third kappa shape index (κ3) is 10.4. The number of fused-ring (bicyclic) bond motifs is 4. The number of carbonyl (C=O) groups excluding carboxylic acids is 2. The molecule has 2 saturated heterocycles. The van der Waals surface area contributed by atoms with Crippen molar-refractivity contribution in [2.75, 3.05) is 53.7 Å². The van der Waals surface area contributed by atoms with Crippen LogP contribution in [-0.4, -0.2) is 111 Å². The van der Waals surface area contributed by atoms with E-state index in [0.29, 0.717) is 97.7 Å². The van der Waals surface area contributed by atoms with E-state index in [1.807, 2.05) is 6.07 Å². The molecule has 2 atom stereocenters. The minimum atomic E-state index is -0.899. The zero-order valence-corrected chi connectivity index (χ0v) is 34.6. The fraction of sp³-hybridized carbons (Fsp3) is 0.386. The summed E-state index contributed by atoms with van der Waals surface area (Å²) >= 11 is 3.33. The summed E-state index contributed by atoms with van der Waals surface area (Å²) in [6, 6.07) is 12.7. The molecule has 15 nitrogen and oxygen atoms in total. The van der Waals surface area contributed by atoms with Gasteiger partial charge in [-0.3, -0.25) is 24.4 Å². The summed E-state index contributed by atoms with van der Waals surface area (Å²) in [7, 11) is 3.08.